The van der Waals surface area contributed by atoms with Crippen molar-refractivity contribution < 1.29 is 14.7 Å². The van der Waals surface area contributed by atoms with Gasteiger partial charge in [-0.1, -0.05) is 6.07 Å². The van der Waals surface area contributed by atoms with Crippen LogP contribution in [0.2, 0.25) is 0 Å². The van der Waals surface area contributed by atoms with E-state index in [0.717, 1.165) is 12.0 Å². The molecule has 0 saturated heterocycles. The van der Waals surface area contributed by atoms with Crippen LogP contribution in [0.3, 0.4) is 0 Å². The molecule has 2 amide bonds. The lowest BCUT2D eigenvalue weighted by Crippen LogP contribution is -2.35. The second kappa shape index (κ2) is 7.71. The molecule has 1 rings (SSSR count). The summed E-state index contributed by atoms with van der Waals surface area (Å²) in [4.78, 5) is 25.7. The molecule has 0 radical (unpaired) electrons. The van der Waals surface area contributed by atoms with Gasteiger partial charge in [-0.3, -0.25) is 0 Å². The zero-order valence-corrected chi connectivity index (χ0v) is 10.3. The minimum Gasteiger partial charge on any atom is -0.477 e. The summed E-state index contributed by atoms with van der Waals surface area (Å²) in [5.74, 6) is 1.41. The predicted molar refractivity (Wildman–Crippen MR) is 69.5 cm³/mol. The zero-order chi connectivity index (χ0) is 14.1. The summed E-state index contributed by atoms with van der Waals surface area (Å²) in [7, 11) is 0. The smallest absolute Gasteiger partial charge is 0.354 e. The van der Waals surface area contributed by atoms with Gasteiger partial charge in [-0.2, -0.15) is 0 Å². The molecular weight excluding hydrogens is 246 g/mol. The number of aromatic nitrogens is 1. The number of carboxylic acid groups (broad SMARTS) is 1. The van der Waals surface area contributed by atoms with Crippen LogP contribution in [-0.2, 0) is 6.54 Å². The maximum atomic E-state index is 11.4. The number of nitrogens with one attached hydrogen (secondary N) is 2. The standard InChI is InChI=1S/C13H15N3O3/c1-2-3-4-7-14-13(19)16-9-10-5-6-11(12(17)18)15-8-10/h1,5-6,8H,3-4,7,9H2,(H,17,18)(H2,14,16,19). The summed E-state index contributed by atoms with van der Waals surface area (Å²) in [6.07, 6.45) is 7.87. The van der Waals surface area contributed by atoms with Crippen LogP contribution in [0, 0.1) is 12.3 Å². The van der Waals surface area contributed by atoms with Gasteiger partial charge in [-0.05, 0) is 18.1 Å². The summed E-state index contributed by atoms with van der Waals surface area (Å²) in [6, 6.07) is 2.71. The fraction of sp³-hybridized carbons (Fsp3) is 0.308. The van der Waals surface area contributed by atoms with Crippen molar-refractivity contribution in [2.24, 2.45) is 0 Å². The average Bonchev–Trinajstić information content (AvgIpc) is 2.42. The van der Waals surface area contributed by atoms with Crippen molar-refractivity contribution >= 4 is 12.0 Å². The van der Waals surface area contributed by atoms with E-state index >= 15 is 0 Å². The van der Waals surface area contributed by atoms with Crippen molar-refractivity contribution in [1.82, 2.24) is 15.6 Å². The number of terminal acetylenes is 1. The second-order valence-electron chi connectivity index (χ2n) is 3.77. The Morgan fingerprint density at radius 1 is 1.37 bits per heavy atom. The first kappa shape index (κ1) is 14.5. The summed E-state index contributed by atoms with van der Waals surface area (Å²) < 4.78 is 0. The molecule has 0 atom stereocenters. The molecule has 0 unspecified atom stereocenters. The van der Waals surface area contributed by atoms with Crippen molar-refractivity contribution in [3.8, 4) is 12.3 Å². The van der Waals surface area contributed by atoms with Gasteiger partial charge in [0.1, 0.15) is 5.69 Å². The molecule has 6 nitrogen and oxygen atoms in total. The van der Waals surface area contributed by atoms with Crippen molar-refractivity contribution in [3.05, 3.63) is 29.6 Å². The quantitative estimate of drug-likeness (QED) is 0.526. The first-order chi connectivity index (χ1) is 9.13. The fourth-order valence-electron chi connectivity index (χ4n) is 1.29. The highest BCUT2D eigenvalue weighted by molar-refractivity contribution is 5.85. The molecule has 0 fully saturated rings. The highest BCUT2D eigenvalue weighted by atomic mass is 16.4. The van der Waals surface area contributed by atoms with Crippen LogP contribution in [0.15, 0.2) is 18.3 Å². The van der Waals surface area contributed by atoms with Gasteiger partial charge in [0.2, 0.25) is 0 Å². The maximum absolute atomic E-state index is 11.4. The van der Waals surface area contributed by atoms with Crippen LogP contribution in [0.25, 0.3) is 0 Å². The van der Waals surface area contributed by atoms with Gasteiger partial charge in [-0.25, -0.2) is 14.6 Å². The van der Waals surface area contributed by atoms with Crippen LogP contribution >= 0.6 is 0 Å². The van der Waals surface area contributed by atoms with Gasteiger partial charge in [0.05, 0.1) is 0 Å². The molecule has 0 aliphatic rings. The summed E-state index contributed by atoms with van der Waals surface area (Å²) in [5.41, 5.74) is 0.700. The van der Waals surface area contributed by atoms with E-state index in [1.807, 2.05) is 0 Å². The second-order valence-corrected chi connectivity index (χ2v) is 3.77. The van der Waals surface area contributed by atoms with E-state index in [1.54, 1.807) is 6.07 Å². The lowest BCUT2D eigenvalue weighted by molar-refractivity contribution is 0.0690. The van der Waals surface area contributed by atoms with Gasteiger partial charge >= 0.3 is 12.0 Å². The molecule has 3 N–H and O–H groups in total. The van der Waals surface area contributed by atoms with E-state index < -0.39 is 5.97 Å². The van der Waals surface area contributed by atoms with E-state index in [0.29, 0.717) is 13.0 Å². The van der Waals surface area contributed by atoms with Crippen molar-refractivity contribution in [1.29, 1.82) is 0 Å². The molecule has 100 valence electrons. The Bertz CT molecular complexity index is 477. The third-order valence-corrected chi connectivity index (χ3v) is 2.28. The van der Waals surface area contributed by atoms with Gasteiger partial charge in [0.25, 0.3) is 0 Å². The molecule has 6 heteroatoms. The Hall–Kier alpha value is -2.55. The molecular formula is C13H15N3O3. The van der Waals surface area contributed by atoms with Crippen LogP contribution in [0.4, 0.5) is 4.79 Å². The molecule has 0 aliphatic carbocycles. The first-order valence-electron chi connectivity index (χ1n) is 5.77. The molecule has 0 saturated carbocycles. The minimum atomic E-state index is -1.08. The number of aromatic carboxylic acids is 1. The third kappa shape index (κ3) is 5.55. The third-order valence-electron chi connectivity index (χ3n) is 2.28. The number of nitrogens with zero attached hydrogens (tertiary/aromatic N) is 1. The Morgan fingerprint density at radius 3 is 2.74 bits per heavy atom. The van der Waals surface area contributed by atoms with Gasteiger partial charge in [-0.15, -0.1) is 12.3 Å². The highest BCUT2D eigenvalue weighted by Gasteiger charge is 2.04. The van der Waals surface area contributed by atoms with Crippen LogP contribution < -0.4 is 10.6 Å². The molecule has 1 heterocycles. The maximum Gasteiger partial charge on any atom is 0.354 e. The van der Waals surface area contributed by atoms with Crippen molar-refractivity contribution in [2.45, 2.75) is 19.4 Å². The van der Waals surface area contributed by atoms with E-state index in [9.17, 15) is 9.59 Å². The van der Waals surface area contributed by atoms with Crippen molar-refractivity contribution in [2.75, 3.05) is 6.54 Å². The number of pyridine rings is 1. The molecule has 1 aromatic rings. The monoisotopic (exact) mass is 261 g/mol. The SMILES string of the molecule is C#CCCCNC(=O)NCc1ccc(C(=O)O)nc1. The number of hydrogen-bond acceptors (Lipinski definition) is 3. The van der Waals surface area contributed by atoms with Crippen LogP contribution in [-0.4, -0.2) is 28.6 Å². The Kier molecular flexibility index (Phi) is 5.89. The van der Waals surface area contributed by atoms with E-state index in [-0.39, 0.29) is 18.3 Å². The number of hydrogen-bond donors (Lipinski definition) is 3. The molecule has 19 heavy (non-hydrogen) atoms. The Balaban J connectivity index is 2.30. The van der Waals surface area contributed by atoms with E-state index in [2.05, 4.69) is 21.5 Å². The average molecular weight is 261 g/mol. The molecule has 0 aliphatic heterocycles. The lowest BCUT2D eigenvalue weighted by atomic mass is 10.2. The van der Waals surface area contributed by atoms with Crippen molar-refractivity contribution in [3.63, 3.8) is 0 Å². The number of unbranched alkanes of at least 4 members (excludes halogenated alkanes) is 1. The predicted octanol–water partition coefficient (Wildman–Crippen LogP) is 0.992. The molecule has 0 bridgehead atoms. The number of carboxylic acids is 1. The van der Waals surface area contributed by atoms with Crippen LogP contribution in [0.1, 0.15) is 28.9 Å². The van der Waals surface area contributed by atoms with Crippen LogP contribution in [0.5, 0.6) is 0 Å². The zero-order valence-electron chi connectivity index (χ0n) is 10.3. The first-order valence-corrected chi connectivity index (χ1v) is 5.77. The number of rotatable bonds is 6. The Morgan fingerprint density at radius 2 is 2.16 bits per heavy atom. The largest absolute Gasteiger partial charge is 0.477 e. The number of urea groups is 1. The molecule has 0 aromatic carbocycles. The van der Waals surface area contributed by atoms with E-state index in [1.165, 1.54) is 12.3 Å². The number of amides is 2. The topological polar surface area (TPSA) is 91.3 Å². The molecule has 0 spiro atoms. The van der Waals surface area contributed by atoms with Gasteiger partial charge in [0, 0.05) is 25.7 Å². The normalized spacial score (nSPS) is 9.42. The number of carbonyl (C=O) groups is 2. The lowest BCUT2D eigenvalue weighted by Gasteiger charge is -2.06. The highest BCUT2D eigenvalue weighted by Crippen LogP contribution is 1.99. The summed E-state index contributed by atoms with van der Waals surface area (Å²) in [5, 5.41) is 14.0. The number of carbonyl (C=O) groups excluding carboxylic acids is 1. The summed E-state index contributed by atoms with van der Waals surface area (Å²) in [6.45, 7) is 0.806. The summed E-state index contributed by atoms with van der Waals surface area (Å²) >= 11 is 0. The Labute approximate surface area is 111 Å². The van der Waals surface area contributed by atoms with Gasteiger partial charge in [0.15, 0.2) is 0 Å². The van der Waals surface area contributed by atoms with Gasteiger partial charge < -0.3 is 15.7 Å². The fourth-order valence-corrected chi connectivity index (χ4v) is 1.29. The van der Waals surface area contributed by atoms with E-state index in [4.69, 9.17) is 11.5 Å². The molecule has 1 aromatic heterocycles. The minimum absolute atomic E-state index is 0.0255.